The van der Waals surface area contributed by atoms with Crippen molar-refractivity contribution in [1.82, 2.24) is 10.2 Å². The summed E-state index contributed by atoms with van der Waals surface area (Å²) < 4.78 is 12.2. The van der Waals surface area contributed by atoms with E-state index < -0.39 is 6.10 Å². The Kier molecular flexibility index (Phi) is 7.50. The lowest BCUT2D eigenvalue weighted by Crippen LogP contribution is -2.47. The summed E-state index contributed by atoms with van der Waals surface area (Å²) in [7, 11) is 3.68. The molecular weight excluding hydrogens is 434 g/mol. The van der Waals surface area contributed by atoms with Gasteiger partial charge in [-0.2, -0.15) is 0 Å². The molecular formula is C26H33N3O5. The van der Waals surface area contributed by atoms with E-state index in [1.807, 2.05) is 69.6 Å². The molecule has 0 unspecified atom stereocenters. The summed E-state index contributed by atoms with van der Waals surface area (Å²) >= 11 is 0. The fourth-order valence-electron chi connectivity index (χ4n) is 4.79. The molecule has 3 N–H and O–H groups in total. The summed E-state index contributed by atoms with van der Waals surface area (Å²) in [5, 5.41) is 15.9. The van der Waals surface area contributed by atoms with Gasteiger partial charge in [0.15, 0.2) is 0 Å². The minimum atomic E-state index is -0.526. The fourth-order valence-corrected chi connectivity index (χ4v) is 4.79. The fraction of sp³-hybridized carbons (Fsp3) is 0.462. The average molecular weight is 468 g/mol. The number of rotatable bonds is 8. The van der Waals surface area contributed by atoms with E-state index in [4.69, 9.17) is 9.47 Å². The second kappa shape index (κ2) is 10.5. The van der Waals surface area contributed by atoms with Crippen LogP contribution in [0.5, 0.6) is 5.75 Å². The van der Waals surface area contributed by atoms with Crippen LogP contribution in [0.15, 0.2) is 48.5 Å². The lowest BCUT2D eigenvalue weighted by atomic mass is 9.84. The predicted molar refractivity (Wildman–Crippen MR) is 129 cm³/mol. The van der Waals surface area contributed by atoms with E-state index >= 15 is 0 Å². The zero-order chi connectivity index (χ0) is 24.2. The first-order valence-corrected chi connectivity index (χ1v) is 11.7. The van der Waals surface area contributed by atoms with Crippen molar-refractivity contribution in [2.75, 3.05) is 32.6 Å². The van der Waals surface area contributed by atoms with Crippen LogP contribution < -0.4 is 15.4 Å². The Morgan fingerprint density at radius 2 is 1.91 bits per heavy atom. The van der Waals surface area contributed by atoms with E-state index in [2.05, 4.69) is 10.6 Å². The number of amides is 2. The van der Waals surface area contributed by atoms with Crippen molar-refractivity contribution in [3.8, 4) is 5.75 Å². The number of carbonyl (C=O) groups is 2. The molecule has 4 rings (SSSR count). The molecule has 34 heavy (non-hydrogen) atoms. The number of nitrogens with one attached hydrogen (secondary N) is 2. The quantitative estimate of drug-likeness (QED) is 0.552. The number of anilines is 1. The molecule has 0 aliphatic carbocycles. The van der Waals surface area contributed by atoms with E-state index in [1.165, 1.54) is 0 Å². The molecule has 1 saturated heterocycles. The summed E-state index contributed by atoms with van der Waals surface area (Å²) in [6.07, 6.45) is -0.400. The SMILES string of the molecule is C[C@@H](NC(=O)C[C@H]1C[C@@H]2c3cc(NC(=O)CN(C)C)ccc3O[C@@H]2[C@H](CO)O1)c1ccccc1. The van der Waals surface area contributed by atoms with Gasteiger partial charge in [0, 0.05) is 17.2 Å². The van der Waals surface area contributed by atoms with E-state index in [0.717, 1.165) is 16.9 Å². The molecule has 2 amide bonds. The summed E-state index contributed by atoms with van der Waals surface area (Å²) in [6.45, 7) is 2.05. The second-order valence-corrected chi connectivity index (χ2v) is 9.35. The maximum atomic E-state index is 12.8. The van der Waals surface area contributed by atoms with Crippen molar-refractivity contribution in [2.24, 2.45) is 0 Å². The molecule has 1 fully saturated rings. The van der Waals surface area contributed by atoms with Crippen LogP contribution in [0.2, 0.25) is 0 Å². The molecule has 0 bridgehead atoms. The Balaban J connectivity index is 1.43. The molecule has 0 radical (unpaired) electrons. The zero-order valence-electron chi connectivity index (χ0n) is 19.9. The van der Waals surface area contributed by atoms with Crippen molar-refractivity contribution >= 4 is 17.5 Å². The highest BCUT2D eigenvalue weighted by molar-refractivity contribution is 5.92. The van der Waals surface area contributed by atoms with Gasteiger partial charge < -0.3 is 30.1 Å². The number of nitrogens with zero attached hydrogens (tertiary/aromatic N) is 1. The van der Waals surface area contributed by atoms with E-state index in [0.29, 0.717) is 18.7 Å². The lowest BCUT2D eigenvalue weighted by molar-refractivity contribution is -0.142. The van der Waals surface area contributed by atoms with Crippen molar-refractivity contribution in [3.63, 3.8) is 0 Å². The number of aliphatic hydroxyl groups excluding tert-OH is 1. The highest BCUT2D eigenvalue weighted by Crippen LogP contribution is 2.47. The molecule has 2 heterocycles. The van der Waals surface area contributed by atoms with Crippen LogP contribution in [0.3, 0.4) is 0 Å². The largest absolute Gasteiger partial charge is 0.487 e. The van der Waals surface area contributed by atoms with Crippen LogP contribution in [0.4, 0.5) is 5.69 Å². The smallest absolute Gasteiger partial charge is 0.238 e. The third-order valence-electron chi connectivity index (χ3n) is 6.33. The molecule has 0 aromatic heterocycles. The highest BCUT2D eigenvalue weighted by atomic mass is 16.6. The van der Waals surface area contributed by atoms with E-state index in [1.54, 1.807) is 4.90 Å². The number of benzene rings is 2. The van der Waals surface area contributed by atoms with Crippen LogP contribution in [0.25, 0.3) is 0 Å². The van der Waals surface area contributed by atoms with Crippen molar-refractivity contribution < 1.29 is 24.2 Å². The van der Waals surface area contributed by atoms with Crippen LogP contribution in [-0.2, 0) is 14.3 Å². The first-order valence-electron chi connectivity index (χ1n) is 11.7. The van der Waals surface area contributed by atoms with Gasteiger partial charge in [-0.05, 0) is 51.2 Å². The first kappa shape index (κ1) is 24.2. The van der Waals surface area contributed by atoms with E-state index in [-0.39, 0.29) is 49.0 Å². The zero-order valence-corrected chi connectivity index (χ0v) is 19.9. The van der Waals surface area contributed by atoms with Crippen LogP contribution in [0.1, 0.15) is 42.9 Å². The topological polar surface area (TPSA) is 100 Å². The van der Waals surface area contributed by atoms with Crippen LogP contribution in [0, 0.1) is 0 Å². The van der Waals surface area contributed by atoms with Gasteiger partial charge >= 0.3 is 0 Å². The number of fused-ring (bicyclic) bond motifs is 3. The lowest BCUT2D eigenvalue weighted by Gasteiger charge is -2.37. The van der Waals surface area contributed by atoms with Gasteiger partial charge in [0.05, 0.1) is 31.7 Å². The van der Waals surface area contributed by atoms with Crippen LogP contribution in [-0.4, -0.2) is 67.4 Å². The minimum absolute atomic E-state index is 0.0315. The predicted octanol–water partition coefficient (Wildman–Crippen LogP) is 2.45. The number of hydrogen-bond acceptors (Lipinski definition) is 6. The van der Waals surface area contributed by atoms with Gasteiger partial charge in [-0.3, -0.25) is 9.59 Å². The summed E-state index contributed by atoms with van der Waals surface area (Å²) in [4.78, 5) is 26.7. The third-order valence-corrected chi connectivity index (χ3v) is 6.33. The molecule has 182 valence electrons. The van der Waals surface area contributed by atoms with Crippen molar-refractivity contribution in [1.29, 1.82) is 0 Å². The summed E-state index contributed by atoms with van der Waals surface area (Å²) in [5.74, 6) is 0.504. The molecule has 2 aliphatic rings. The molecule has 2 aromatic rings. The van der Waals surface area contributed by atoms with Crippen molar-refractivity contribution in [2.45, 2.75) is 50.0 Å². The second-order valence-electron chi connectivity index (χ2n) is 9.35. The Morgan fingerprint density at radius 3 is 2.62 bits per heavy atom. The number of ether oxygens (including phenoxy) is 2. The van der Waals surface area contributed by atoms with Gasteiger partial charge in [-0.1, -0.05) is 30.3 Å². The Morgan fingerprint density at radius 1 is 1.15 bits per heavy atom. The maximum Gasteiger partial charge on any atom is 0.238 e. The molecule has 0 spiro atoms. The molecule has 2 aromatic carbocycles. The number of carbonyl (C=O) groups excluding carboxylic acids is 2. The van der Waals surface area contributed by atoms with Gasteiger partial charge in [0.1, 0.15) is 18.0 Å². The van der Waals surface area contributed by atoms with Crippen LogP contribution >= 0.6 is 0 Å². The molecule has 8 heteroatoms. The minimum Gasteiger partial charge on any atom is -0.487 e. The summed E-state index contributed by atoms with van der Waals surface area (Å²) in [6, 6.07) is 15.3. The van der Waals surface area contributed by atoms with Gasteiger partial charge in [0.2, 0.25) is 11.8 Å². The average Bonchev–Trinajstić information content (AvgIpc) is 3.16. The Bertz CT molecular complexity index is 1010. The Hall–Kier alpha value is -2.94. The number of hydrogen-bond donors (Lipinski definition) is 3. The monoisotopic (exact) mass is 467 g/mol. The van der Waals surface area contributed by atoms with Gasteiger partial charge in [-0.15, -0.1) is 0 Å². The van der Waals surface area contributed by atoms with E-state index in [9.17, 15) is 14.7 Å². The van der Waals surface area contributed by atoms with Gasteiger partial charge in [-0.25, -0.2) is 0 Å². The highest BCUT2D eigenvalue weighted by Gasteiger charge is 2.46. The maximum absolute atomic E-state index is 12.8. The number of aliphatic hydroxyl groups is 1. The summed E-state index contributed by atoms with van der Waals surface area (Å²) in [5.41, 5.74) is 2.71. The normalized spacial score (nSPS) is 24.0. The number of likely N-dealkylation sites (N-methyl/N-ethyl adjacent to an activating group) is 1. The molecule has 5 atom stereocenters. The third kappa shape index (κ3) is 5.58. The van der Waals surface area contributed by atoms with Crippen molar-refractivity contribution in [3.05, 3.63) is 59.7 Å². The standard InChI is InChI=1S/C26H33N3O5/c1-16(17-7-5-4-6-8-17)27-24(31)13-19-12-21-20-11-18(28-25(32)14-29(2)3)9-10-22(20)34-26(21)23(15-30)33-19/h4-11,16,19,21,23,26,30H,12-15H2,1-3H3,(H,27,31)(H,28,32)/t16-,19-,21-,23+,26+/m1/s1. The van der Waals surface area contributed by atoms with Gasteiger partial charge in [0.25, 0.3) is 0 Å². The Labute approximate surface area is 200 Å². The first-order chi connectivity index (χ1) is 16.3. The molecule has 8 nitrogen and oxygen atoms in total. The molecule has 2 aliphatic heterocycles. The molecule has 0 saturated carbocycles.